The minimum atomic E-state index is 0. The molecule has 0 bridgehead atoms. The second-order valence-electron chi connectivity index (χ2n) is 0. The molecule has 0 saturated carbocycles. The van der Waals surface area contributed by atoms with Gasteiger partial charge in [-0.05, 0) is 0 Å². The molecule has 0 heterocycles. The van der Waals surface area contributed by atoms with E-state index in [1.807, 2.05) is 0 Å². The fraction of sp³-hybridized carbons (Fsp3) is 0.400. The van der Waals surface area contributed by atoms with Crippen LogP contribution < -0.4 is 0 Å². The third-order valence-corrected chi connectivity index (χ3v) is 0. The molecule has 0 saturated heterocycles. The number of hydrogen-bond donors (Lipinski definition) is 0. The van der Waals surface area contributed by atoms with E-state index in [4.69, 9.17) is 0 Å². The summed E-state index contributed by atoms with van der Waals surface area (Å²) in [5.74, 6) is 0. The summed E-state index contributed by atoms with van der Waals surface area (Å²) in [7, 11) is 0. The van der Waals surface area contributed by atoms with Gasteiger partial charge in [0, 0.05) is 0 Å². The Hall–Kier alpha value is 1.39. The summed E-state index contributed by atoms with van der Waals surface area (Å²) in [6, 6.07) is 0. The number of hydrogen-bond acceptors (Lipinski definition) is 0. The van der Waals surface area contributed by atoms with Crippen LogP contribution in [0, 0.1) is 42.5 Å². The summed E-state index contributed by atoms with van der Waals surface area (Å²) in [6.07, 6.45) is 0. The van der Waals surface area contributed by atoms with Crippen LogP contribution >= 0.6 is 0 Å². The van der Waals surface area contributed by atoms with E-state index in [2.05, 4.69) is 27.7 Å². The molecule has 0 atom stereocenters. The molecule has 0 rings (SSSR count). The van der Waals surface area contributed by atoms with E-state index in [1.165, 1.54) is 0 Å². The zero-order valence-electron chi connectivity index (χ0n) is 10.3. The second kappa shape index (κ2) is 1070. The molecule has 0 aromatic rings. The molecule has 0 aliphatic carbocycles. The van der Waals surface area contributed by atoms with E-state index in [9.17, 15) is 0 Å². The minimum Gasteiger partial charge on any atom is -0.412 e. The minimum absolute atomic E-state index is 0. The van der Waals surface area contributed by atoms with Gasteiger partial charge in [-0.15, -0.1) is 0 Å². The van der Waals surface area contributed by atoms with Crippen molar-refractivity contribution in [1.82, 2.24) is 0 Å². The summed E-state index contributed by atoms with van der Waals surface area (Å²) in [5, 5.41) is 0. The van der Waals surface area contributed by atoms with Crippen LogP contribution in [0.5, 0.6) is 0 Å². The van der Waals surface area contributed by atoms with E-state index < -0.39 is 0 Å². The maximum Gasteiger partial charge on any atom is 3.00 e. The molecule has 0 unspecified atom stereocenters. The molecular formula is C10H28OTi2. The predicted octanol–water partition coefficient (Wildman–Crippen LogP) is 3.43. The fourth-order valence-electron chi connectivity index (χ4n) is 0. The van der Waals surface area contributed by atoms with Crippen molar-refractivity contribution >= 4 is 0 Å². The van der Waals surface area contributed by atoms with Gasteiger partial charge in [0.05, 0.1) is 0 Å². The Kier molecular flexibility index (Phi) is 7280. The van der Waals surface area contributed by atoms with Gasteiger partial charge in [-0.25, -0.2) is 0 Å². The Morgan fingerprint density at radius 3 is 0.462 bits per heavy atom. The van der Waals surface area contributed by atoms with Crippen LogP contribution in [0.1, 0.15) is 27.7 Å². The Balaban J connectivity index is -0.00000000208. The molecule has 1 nitrogen and oxygen atoms in total. The van der Waals surface area contributed by atoms with E-state index in [0.29, 0.717) is 0 Å². The fourth-order valence-corrected chi connectivity index (χ4v) is 0. The van der Waals surface area contributed by atoms with E-state index in [1.54, 1.807) is 27.7 Å². The van der Waals surface area contributed by atoms with Crippen molar-refractivity contribution in [2.75, 3.05) is 0 Å². The van der Waals surface area contributed by atoms with E-state index in [0.717, 1.165) is 0 Å². The Morgan fingerprint density at radius 2 is 0.462 bits per heavy atom. The van der Waals surface area contributed by atoms with E-state index >= 15 is 0 Å². The normalized spacial score (nSPS) is 1.85. The second-order valence-corrected chi connectivity index (χ2v) is 0. The Bertz CT molecular complexity index is 12.9. The summed E-state index contributed by atoms with van der Waals surface area (Å²) in [4.78, 5) is 0. The van der Waals surface area contributed by atoms with Crippen molar-refractivity contribution in [2.24, 2.45) is 0 Å². The largest absolute Gasteiger partial charge is 3.00 e. The first-order valence-electron chi connectivity index (χ1n) is 2.83. The molecule has 2 N–H and O–H groups in total. The van der Waals surface area contributed by atoms with Crippen molar-refractivity contribution in [3.8, 4) is 0 Å². The first-order valence-corrected chi connectivity index (χ1v) is 2.83. The zero-order chi connectivity index (χ0) is 8.00. The zero-order valence-corrected chi connectivity index (χ0v) is 13.5. The molecule has 0 aliphatic rings. The SMILES string of the molecule is O.[CH2-]C.[CH2-]C.[CH2-]C.[CH2-]C.[CH3-].[CH3-].[Ti+3].[Ti+3]. The monoisotopic (exact) mass is 260 g/mol. The summed E-state index contributed by atoms with van der Waals surface area (Å²) in [5.41, 5.74) is 0. The third kappa shape index (κ3) is 901. The van der Waals surface area contributed by atoms with Crippen molar-refractivity contribution in [1.29, 1.82) is 0 Å². The van der Waals surface area contributed by atoms with Crippen molar-refractivity contribution < 1.29 is 48.9 Å². The van der Waals surface area contributed by atoms with Crippen LogP contribution in [0.3, 0.4) is 0 Å². The van der Waals surface area contributed by atoms with Crippen LogP contribution in [-0.2, 0) is 43.4 Å². The first kappa shape index (κ1) is 88.8. The number of rotatable bonds is 0. The molecule has 0 fully saturated rings. The van der Waals surface area contributed by atoms with Gasteiger partial charge in [0.15, 0.2) is 0 Å². The van der Waals surface area contributed by atoms with Crippen LogP contribution in [0.25, 0.3) is 0 Å². The Labute approximate surface area is 119 Å². The van der Waals surface area contributed by atoms with Crippen molar-refractivity contribution in [3.63, 3.8) is 0 Å². The smallest absolute Gasteiger partial charge is 0.412 e. The van der Waals surface area contributed by atoms with Gasteiger partial charge in [0.25, 0.3) is 0 Å². The van der Waals surface area contributed by atoms with Crippen LogP contribution in [-0.4, -0.2) is 5.48 Å². The van der Waals surface area contributed by atoms with Gasteiger partial charge in [0.1, 0.15) is 0 Å². The molecule has 13 heavy (non-hydrogen) atoms. The molecule has 0 aromatic carbocycles. The molecule has 0 spiro atoms. The summed E-state index contributed by atoms with van der Waals surface area (Å²) >= 11 is 0. The standard InChI is InChI=1S/4C2H5.2CH3.H2O.2Ti/c4*1-2;;;;;/h4*1H2,2H3;2*1H3;1H2;;/q6*-1;;2*+3. The topological polar surface area (TPSA) is 31.5 Å². The average molecular weight is 260 g/mol. The molecule has 2 radical (unpaired) electrons. The summed E-state index contributed by atoms with van der Waals surface area (Å²) < 4.78 is 0. The quantitative estimate of drug-likeness (QED) is 0.472. The molecule has 0 aliphatic heterocycles. The van der Waals surface area contributed by atoms with Crippen LogP contribution in [0.4, 0.5) is 0 Å². The van der Waals surface area contributed by atoms with E-state index in [-0.39, 0.29) is 63.8 Å². The third-order valence-electron chi connectivity index (χ3n) is 0. The van der Waals surface area contributed by atoms with Gasteiger partial charge in [-0.2, -0.15) is 27.7 Å². The van der Waals surface area contributed by atoms with Crippen molar-refractivity contribution in [3.05, 3.63) is 42.5 Å². The van der Waals surface area contributed by atoms with Crippen LogP contribution in [0.2, 0.25) is 0 Å². The summed E-state index contributed by atoms with van der Waals surface area (Å²) in [6.45, 7) is 20.0. The first-order chi connectivity index (χ1) is 4.00. The predicted molar refractivity (Wildman–Crippen MR) is 60.6 cm³/mol. The van der Waals surface area contributed by atoms with Gasteiger partial charge in [-0.3, -0.25) is 0 Å². The van der Waals surface area contributed by atoms with Gasteiger partial charge in [0.2, 0.25) is 0 Å². The van der Waals surface area contributed by atoms with Gasteiger partial charge in [-0.1, -0.05) is 0 Å². The molecule has 82 valence electrons. The maximum absolute atomic E-state index is 3.25. The average Bonchev–Trinajstić information content (AvgIpc) is 2.03. The van der Waals surface area contributed by atoms with Gasteiger partial charge >= 0.3 is 43.4 Å². The van der Waals surface area contributed by atoms with Crippen LogP contribution in [0.15, 0.2) is 0 Å². The Morgan fingerprint density at radius 1 is 0.462 bits per heavy atom. The molecule has 3 heteroatoms. The van der Waals surface area contributed by atoms with Crippen molar-refractivity contribution in [2.45, 2.75) is 27.7 Å². The molecular weight excluding hydrogens is 232 g/mol. The maximum atomic E-state index is 3.25. The molecule has 0 aromatic heterocycles. The molecule has 0 amide bonds. The van der Waals surface area contributed by atoms with Gasteiger partial charge < -0.3 is 48.0 Å².